The summed E-state index contributed by atoms with van der Waals surface area (Å²) in [5.41, 5.74) is 1.08. The highest BCUT2D eigenvalue weighted by Crippen LogP contribution is 2.25. The maximum atomic E-state index is 9.51. The molecule has 0 aliphatic carbocycles. The number of para-hydroxylation sites is 2. The van der Waals surface area contributed by atoms with Crippen molar-refractivity contribution in [2.75, 3.05) is 0 Å². The first-order valence-electron chi connectivity index (χ1n) is 5.06. The lowest BCUT2D eigenvalue weighted by atomic mass is 10.3. The third-order valence-corrected chi connectivity index (χ3v) is 2.54. The molecule has 0 unspecified atom stereocenters. The Hall–Kier alpha value is -1.97. The molecule has 0 atom stereocenters. The number of aromatic hydroxyl groups is 1. The van der Waals surface area contributed by atoms with E-state index in [4.69, 9.17) is 4.74 Å². The molecule has 0 amide bonds. The second-order valence-electron chi connectivity index (χ2n) is 3.63. The second-order valence-corrected chi connectivity index (χ2v) is 3.63. The highest BCUT2D eigenvalue weighted by atomic mass is 16.5. The van der Waals surface area contributed by atoms with Gasteiger partial charge in [0.25, 0.3) is 0 Å². The van der Waals surface area contributed by atoms with Gasteiger partial charge in [-0.05, 0) is 19.1 Å². The van der Waals surface area contributed by atoms with Gasteiger partial charge in [-0.25, -0.2) is 4.98 Å². The molecule has 0 aliphatic rings. The number of phenolic OH excluding ortho intramolecular Hbond substituents is 1. The maximum absolute atomic E-state index is 9.51. The van der Waals surface area contributed by atoms with E-state index in [1.807, 2.05) is 24.6 Å². The van der Waals surface area contributed by atoms with Crippen molar-refractivity contribution in [3.8, 4) is 11.5 Å². The van der Waals surface area contributed by atoms with Crippen molar-refractivity contribution in [1.82, 2.24) is 9.55 Å². The fourth-order valence-electron chi connectivity index (χ4n) is 1.40. The Labute approximate surface area is 94.1 Å². The zero-order chi connectivity index (χ0) is 11.5. The average Bonchev–Trinajstić information content (AvgIpc) is 2.59. The van der Waals surface area contributed by atoms with Gasteiger partial charge < -0.3 is 14.4 Å². The summed E-state index contributed by atoms with van der Waals surface area (Å²) >= 11 is 0. The normalized spacial score (nSPS) is 10.4. The smallest absolute Gasteiger partial charge is 0.161 e. The number of hydrogen-bond donors (Lipinski definition) is 1. The van der Waals surface area contributed by atoms with Crippen LogP contribution in [-0.4, -0.2) is 14.7 Å². The number of ether oxygens (including phenoxy) is 1. The highest BCUT2D eigenvalue weighted by molar-refractivity contribution is 5.37. The van der Waals surface area contributed by atoms with E-state index in [0.717, 1.165) is 11.5 Å². The topological polar surface area (TPSA) is 47.3 Å². The van der Waals surface area contributed by atoms with Crippen LogP contribution in [0.4, 0.5) is 0 Å². The first-order valence-corrected chi connectivity index (χ1v) is 5.06. The van der Waals surface area contributed by atoms with Crippen LogP contribution >= 0.6 is 0 Å². The molecule has 0 bridgehead atoms. The van der Waals surface area contributed by atoms with Crippen LogP contribution < -0.4 is 4.74 Å². The largest absolute Gasteiger partial charge is 0.504 e. The first-order chi connectivity index (χ1) is 7.68. The molecule has 0 aliphatic heterocycles. The minimum absolute atomic E-state index is 0.147. The first kappa shape index (κ1) is 10.5. The zero-order valence-electron chi connectivity index (χ0n) is 9.34. The minimum atomic E-state index is 0.147. The van der Waals surface area contributed by atoms with E-state index in [1.54, 1.807) is 24.4 Å². The molecule has 1 aromatic heterocycles. The van der Waals surface area contributed by atoms with Crippen LogP contribution in [0.15, 0.2) is 30.5 Å². The number of phenols is 1. The molecule has 1 aromatic carbocycles. The van der Waals surface area contributed by atoms with E-state index in [-0.39, 0.29) is 5.75 Å². The second kappa shape index (κ2) is 4.26. The lowest BCUT2D eigenvalue weighted by Gasteiger charge is -2.07. The van der Waals surface area contributed by atoms with Gasteiger partial charge in [0, 0.05) is 18.9 Å². The molecule has 0 saturated carbocycles. The molecule has 16 heavy (non-hydrogen) atoms. The van der Waals surface area contributed by atoms with Crippen molar-refractivity contribution in [2.24, 2.45) is 7.05 Å². The summed E-state index contributed by atoms with van der Waals surface area (Å²) in [6, 6.07) is 6.90. The van der Waals surface area contributed by atoms with Gasteiger partial charge in [0.1, 0.15) is 12.4 Å². The molecule has 4 heteroatoms. The standard InChI is InChI=1S/C12H14N2O2/c1-9-7-13-12(14(9)2)8-16-11-6-4-3-5-10(11)15/h3-7,15H,8H2,1-2H3. The van der Waals surface area contributed by atoms with E-state index >= 15 is 0 Å². The summed E-state index contributed by atoms with van der Waals surface area (Å²) in [6.07, 6.45) is 1.80. The van der Waals surface area contributed by atoms with Crippen LogP contribution in [0.25, 0.3) is 0 Å². The summed E-state index contributed by atoms with van der Waals surface area (Å²) in [5, 5.41) is 9.51. The molecule has 1 heterocycles. The Kier molecular flexibility index (Phi) is 2.81. The van der Waals surface area contributed by atoms with Crippen molar-refractivity contribution in [3.63, 3.8) is 0 Å². The fourth-order valence-corrected chi connectivity index (χ4v) is 1.40. The lowest BCUT2D eigenvalue weighted by Crippen LogP contribution is -2.04. The summed E-state index contributed by atoms with van der Waals surface area (Å²) in [6.45, 7) is 2.33. The van der Waals surface area contributed by atoms with Crippen molar-refractivity contribution in [3.05, 3.63) is 42.0 Å². The van der Waals surface area contributed by atoms with Crippen LogP contribution in [-0.2, 0) is 13.7 Å². The third-order valence-electron chi connectivity index (χ3n) is 2.54. The van der Waals surface area contributed by atoms with E-state index in [1.165, 1.54) is 0 Å². The predicted molar refractivity (Wildman–Crippen MR) is 60.4 cm³/mol. The molecule has 2 aromatic rings. The van der Waals surface area contributed by atoms with E-state index in [0.29, 0.717) is 12.4 Å². The van der Waals surface area contributed by atoms with Crippen LogP contribution in [0.2, 0.25) is 0 Å². The Balaban J connectivity index is 2.08. The van der Waals surface area contributed by atoms with Crippen LogP contribution in [0, 0.1) is 6.92 Å². The number of imidazole rings is 1. The molecular weight excluding hydrogens is 204 g/mol. The van der Waals surface area contributed by atoms with Gasteiger partial charge in [0.05, 0.1) is 0 Å². The molecule has 0 radical (unpaired) electrons. The van der Waals surface area contributed by atoms with Crippen molar-refractivity contribution >= 4 is 0 Å². The van der Waals surface area contributed by atoms with Crippen LogP contribution in [0.3, 0.4) is 0 Å². The molecule has 0 fully saturated rings. The number of aromatic nitrogens is 2. The quantitative estimate of drug-likeness (QED) is 0.857. The minimum Gasteiger partial charge on any atom is -0.504 e. The van der Waals surface area contributed by atoms with E-state index in [9.17, 15) is 5.11 Å². The van der Waals surface area contributed by atoms with Gasteiger partial charge in [-0.3, -0.25) is 0 Å². The van der Waals surface area contributed by atoms with Gasteiger partial charge in [-0.1, -0.05) is 12.1 Å². The van der Waals surface area contributed by atoms with Gasteiger partial charge >= 0.3 is 0 Å². The Morgan fingerprint density at radius 1 is 1.38 bits per heavy atom. The van der Waals surface area contributed by atoms with Gasteiger partial charge in [-0.2, -0.15) is 0 Å². The average molecular weight is 218 g/mol. The molecule has 0 saturated heterocycles. The summed E-state index contributed by atoms with van der Waals surface area (Å²) in [4.78, 5) is 4.22. The van der Waals surface area contributed by atoms with Crippen molar-refractivity contribution < 1.29 is 9.84 Å². The number of aryl methyl sites for hydroxylation is 1. The Morgan fingerprint density at radius 3 is 2.75 bits per heavy atom. The molecule has 4 nitrogen and oxygen atoms in total. The lowest BCUT2D eigenvalue weighted by molar-refractivity contribution is 0.276. The molecule has 1 N–H and O–H groups in total. The van der Waals surface area contributed by atoms with E-state index in [2.05, 4.69) is 4.98 Å². The molecule has 84 valence electrons. The summed E-state index contributed by atoms with van der Waals surface area (Å²) < 4.78 is 7.44. The molecule has 2 rings (SSSR count). The van der Waals surface area contributed by atoms with Crippen LogP contribution in [0.1, 0.15) is 11.5 Å². The van der Waals surface area contributed by atoms with Gasteiger partial charge in [-0.15, -0.1) is 0 Å². The maximum Gasteiger partial charge on any atom is 0.161 e. The number of nitrogens with zero attached hydrogens (tertiary/aromatic N) is 2. The summed E-state index contributed by atoms with van der Waals surface area (Å²) in [5.74, 6) is 1.46. The monoisotopic (exact) mass is 218 g/mol. The summed E-state index contributed by atoms with van der Waals surface area (Å²) in [7, 11) is 1.94. The van der Waals surface area contributed by atoms with Crippen LogP contribution in [0.5, 0.6) is 11.5 Å². The van der Waals surface area contributed by atoms with Gasteiger partial charge in [0.2, 0.25) is 0 Å². The third kappa shape index (κ3) is 2.00. The number of hydrogen-bond acceptors (Lipinski definition) is 3. The molecule has 0 spiro atoms. The number of rotatable bonds is 3. The van der Waals surface area contributed by atoms with Crippen molar-refractivity contribution in [1.29, 1.82) is 0 Å². The van der Waals surface area contributed by atoms with E-state index < -0.39 is 0 Å². The zero-order valence-corrected chi connectivity index (χ0v) is 9.34. The predicted octanol–water partition coefficient (Wildman–Crippen LogP) is 2.01. The van der Waals surface area contributed by atoms with Crippen molar-refractivity contribution in [2.45, 2.75) is 13.5 Å². The number of benzene rings is 1. The Bertz CT molecular complexity index is 492. The Morgan fingerprint density at radius 2 is 2.12 bits per heavy atom. The fraction of sp³-hybridized carbons (Fsp3) is 0.250. The SMILES string of the molecule is Cc1cnc(COc2ccccc2O)n1C. The molecular formula is C12H14N2O2. The van der Waals surface area contributed by atoms with Gasteiger partial charge in [0.15, 0.2) is 11.5 Å². The highest BCUT2D eigenvalue weighted by Gasteiger charge is 2.05.